The van der Waals surface area contributed by atoms with E-state index in [-0.39, 0.29) is 10.0 Å². The Morgan fingerprint density at radius 1 is 1.64 bits per heavy atom. The van der Waals surface area contributed by atoms with Crippen molar-refractivity contribution < 1.29 is 14.7 Å². The number of hydrogen-bond acceptors (Lipinski definition) is 4. The van der Waals surface area contributed by atoms with Crippen LogP contribution in [0.25, 0.3) is 0 Å². The molecular formula is C7H9N3O3S. The Hall–Kier alpha value is -1.63. The van der Waals surface area contributed by atoms with Gasteiger partial charge in [0.1, 0.15) is 4.88 Å². The molecule has 0 aliphatic rings. The molecule has 0 spiro atoms. The van der Waals surface area contributed by atoms with Crippen LogP contribution in [0.3, 0.4) is 0 Å². The first kappa shape index (κ1) is 10.5. The Kier molecular flexibility index (Phi) is 3.41. The first-order valence-corrected chi connectivity index (χ1v) is 4.69. The van der Waals surface area contributed by atoms with Crippen LogP contribution in [0.4, 0.5) is 9.93 Å². The average Bonchev–Trinajstić information content (AvgIpc) is 2.53. The fourth-order valence-corrected chi connectivity index (χ4v) is 1.38. The summed E-state index contributed by atoms with van der Waals surface area (Å²) in [6.07, 6.45) is 1.20. The molecule has 0 saturated heterocycles. The molecule has 2 amide bonds. The lowest BCUT2D eigenvalue weighted by Gasteiger charge is -2.00. The van der Waals surface area contributed by atoms with Crippen molar-refractivity contribution in [3.8, 4) is 0 Å². The third-order valence-electron chi connectivity index (χ3n) is 1.27. The summed E-state index contributed by atoms with van der Waals surface area (Å²) < 4.78 is 0. The Bertz CT molecular complexity index is 350. The molecule has 0 aromatic carbocycles. The predicted octanol–water partition coefficient (Wildman–Crippen LogP) is 0.983. The average molecular weight is 215 g/mol. The first-order chi connectivity index (χ1) is 6.63. The van der Waals surface area contributed by atoms with Crippen LogP contribution >= 0.6 is 11.3 Å². The van der Waals surface area contributed by atoms with Crippen LogP contribution in [0.5, 0.6) is 0 Å². The van der Waals surface area contributed by atoms with Gasteiger partial charge in [0.2, 0.25) is 0 Å². The monoisotopic (exact) mass is 215 g/mol. The van der Waals surface area contributed by atoms with E-state index < -0.39 is 12.0 Å². The van der Waals surface area contributed by atoms with Crippen LogP contribution in [0.1, 0.15) is 16.6 Å². The second kappa shape index (κ2) is 4.56. The molecule has 0 aliphatic carbocycles. The van der Waals surface area contributed by atoms with Gasteiger partial charge in [0.05, 0.1) is 6.20 Å². The lowest BCUT2D eigenvalue weighted by atomic mass is 10.6. The molecule has 0 bridgehead atoms. The maximum Gasteiger partial charge on any atom is 0.347 e. The molecule has 7 heteroatoms. The van der Waals surface area contributed by atoms with E-state index in [0.717, 1.165) is 11.3 Å². The topological polar surface area (TPSA) is 91.3 Å². The zero-order valence-electron chi connectivity index (χ0n) is 7.40. The van der Waals surface area contributed by atoms with Gasteiger partial charge >= 0.3 is 12.0 Å². The third kappa shape index (κ3) is 2.70. The number of urea groups is 1. The molecule has 3 N–H and O–H groups in total. The van der Waals surface area contributed by atoms with Crippen LogP contribution in [-0.2, 0) is 0 Å². The number of nitrogens with one attached hydrogen (secondary N) is 2. The Morgan fingerprint density at radius 3 is 2.86 bits per heavy atom. The maximum atomic E-state index is 11.0. The number of amides is 2. The number of carbonyl (C=O) groups is 2. The van der Waals surface area contributed by atoms with Gasteiger partial charge in [-0.2, -0.15) is 0 Å². The van der Waals surface area contributed by atoms with Crippen LogP contribution in [0.2, 0.25) is 0 Å². The lowest BCUT2D eigenvalue weighted by molar-refractivity contribution is 0.0702. The number of nitrogens with zero attached hydrogens (tertiary/aromatic N) is 1. The summed E-state index contributed by atoms with van der Waals surface area (Å²) in [5.74, 6) is -1.05. The number of aromatic nitrogens is 1. The minimum Gasteiger partial charge on any atom is -0.477 e. The molecule has 1 rings (SSSR count). The standard InChI is InChI=1S/C7H9N3O3S/c1-2-8-6(13)10-7-9-3-4(14-7)5(11)12/h3H,2H2,1H3,(H,11,12)(H2,8,9,10,13). The number of aromatic carboxylic acids is 1. The van der Waals surface area contributed by atoms with Gasteiger partial charge in [0, 0.05) is 6.54 Å². The molecule has 0 radical (unpaired) electrons. The van der Waals surface area contributed by atoms with Crippen molar-refractivity contribution in [2.24, 2.45) is 0 Å². The highest BCUT2D eigenvalue weighted by Crippen LogP contribution is 2.17. The van der Waals surface area contributed by atoms with Crippen molar-refractivity contribution in [1.82, 2.24) is 10.3 Å². The number of rotatable bonds is 3. The maximum absolute atomic E-state index is 11.0. The summed E-state index contributed by atoms with van der Waals surface area (Å²) >= 11 is 0.913. The van der Waals surface area contributed by atoms with Crippen LogP contribution < -0.4 is 10.6 Å². The number of carboxylic acid groups (broad SMARTS) is 1. The zero-order chi connectivity index (χ0) is 10.6. The van der Waals surface area contributed by atoms with E-state index in [1.54, 1.807) is 6.92 Å². The summed E-state index contributed by atoms with van der Waals surface area (Å²) in [6.45, 7) is 2.28. The molecule has 0 saturated carbocycles. The van der Waals surface area contributed by atoms with E-state index in [4.69, 9.17) is 5.11 Å². The van der Waals surface area contributed by atoms with Gasteiger partial charge in [-0.15, -0.1) is 0 Å². The second-order valence-electron chi connectivity index (χ2n) is 2.32. The molecule has 6 nitrogen and oxygen atoms in total. The van der Waals surface area contributed by atoms with Gasteiger partial charge in [-0.25, -0.2) is 14.6 Å². The normalized spacial score (nSPS) is 9.50. The van der Waals surface area contributed by atoms with Gasteiger partial charge in [0.25, 0.3) is 0 Å². The molecule has 0 fully saturated rings. The Labute approximate surface area is 84.0 Å². The van der Waals surface area contributed by atoms with Crippen LogP contribution in [-0.4, -0.2) is 28.6 Å². The number of hydrogen-bond donors (Lipinski definition) is 3. The molecule has 1 aromatic heterocycles. The fourth-order valence-electron chi connectivity index (χ4n) is 0.733. The van der Waals surface area contributed by atoms with E-state index in [1.165, 1.54) is 6.20 Å². The van der Waals surface area contributed by atoms with Crippen molar-refractivity contribution in [3.05, 3.63) is 11.1 Å². The quantitative estimate of drug-likeness (QED) is 0.701. The fraction of sp³-hybridized carbons (Fsp3) is 0.286. The molecule has 0 atom stereocenters. The second-order valence-corrected chi connectivity index (χ2v) is 3.35. The van der Waals surface area contributed by atoms with E-state index in [2.05, 4.69) is 15.6 Å². The van der Waals surface area contributed by atoms with Crippen molar-refractivity contribution in [1.29, 1.82) is 0 Å². The zero-order valence-corrected chi connectivity index (χ0v) is 8.22. The molecule has 0 unspecified atom stereocenters. The largest absolute Gasteiger partial charge is 0.477 e. The molecule has 1 heterocycles. The summed E-state index contributed by atoms with van der Waals surface area (Å²) in [6, 6.07) is -0.390. The van der Waals surface area contributed by atoms with Crippen molar-refractivity contribution in [2.45, 2.75) is 6.92 Å². The summed E-state index contributed by atoms with van der Waals surface area (Å²) in [4.78, 5) is 25.3. The molecule has 76 valence electrons. The molecule has 0 aliphatic heterocycles. The SMILES string of the molecule is CCNC(=O)Nc1ncc(C(=O)O)s1. The lowest BCUT2D eigenvalue weighted by Crippen LogP contribution is -2.28. The van der Waals surface area contributed by atoms with Crippen molar-refractivity contribution >= 4 is 28.5 Å². The van der Waals surface area contributed by atoms with Gasteiger partial charge in [-0.1, -0.05) is 11.3 Å². The van der Waals surface area contributed by atoms with Gasteiger partial charge < -0.3 is 10.4 Å². The van der Waals surface area contributed by atoms with Crippen LogP contribution in [0, 0.1) is 0 Å². The predicted molar refractivity (Wildman–Crippen MR) is 51.8 cm³/mol. The number of carboxylic acids is 1. The number of thiazole rings is 1. The van der Waals surface area contributed by atoms with Crippen molar-refractivity contribution in [3.63, 3.8) is 0 Å². The smallest absolute Gasteiger partial charge is 0.347 e. The summed E-state index contributed by atoms with van der Waals surface area (Å²) in [5.41, 5.74) is 0. The van der Waals surface area contributed by atoms with Gasteiger partial charge in [-0.3, -0.25) is 5.32 Å². The minimum absolute atomic E-state index is 0.0943. The van der Waals surface area contributed by atoms with Crippen LogP contribution in [0.15, 0.2) is 6.20 Å². The van der Waals surface area contributed by atoms with Crippen molar-refractivity contribution in [2.75, 3.05) is 11.9 Å². The third-order valence-corrected chi connectivity index (χ3v) is 2.18. The molecule has 14 heavy (non-hydrogen) atoms. The Balaban J connectivity index is 2.59. The first-order valence-electron chi connectivity index (χ1n) is 3.87. The summed E-state index contributed by atoms with van der Waals surface area (Å²) in [7, 11) is 0. The Morgan fingerprint density at radius 2 is 2.36 bits per heavy atom. The number of anilines is 1. The highest BCUT2D eigenvalue weighted by atomic mass is 32.1. The highest BCUT2D eigenvalue weighted by molar-refractivity contribution is 7.17. The van der Waals surface area contributed by atoms with E-state index in [0.29, 0.717) is 6.54 Å². The van der Waals surface area contributed by atoms with Gasteiger partial charge in [0.15, 0.2) is 5.13 Å². The van der Waals surface area contributed by atoms with E-state index in [9.17, 15) is 9.59 Å². The van der Waals surface area contributed by atoms with E-state index in [1.807, 2.05) is 0 Å². The van der Waals surface area contributed by atoms with E-state index >= 15 is 0 Å². The van der Waals surface area contributed by atoms with Gasteiger partial charge in [-0.05, 0) is 6.92 Å². The molecular weight excluding hydrogens is 206 g/mol. The number of carbonyl (C=O) groups excluding carboxylic acids is 1. The molecule has 1 aromatic rings. The summed E-state index contributed by atoms with van der Waals surface area (Å²) in [5, 5.41) is 13.8. The highest BCUT2D eigenvalue weighted by Gasteiger charge is 2.09. The minimum atomic E-state index is -1.05.